The topological polar surface area (TPSA) is 116 Å². The molecule has 0 saturated carbocycles. The minimum atomic E-state index is -3.90. The van der Waals surface area contributed by atoms with E-state index in [1.54, 1.807) is 24.3 Å². The van der Waals surface area contributed by atoms with E-state index in [9.17, 15) is 18.3 Å². The summed E-state index contributed by atoms with van der Waals surface area (Å²) in [7, 11) is -3.90. The van der Waals surface area contributed by atoms with Crippen LogP contribution in [0.25, 0.3) is 0 Å². The fourth-order valence-electron chi connectivity index (χ4n) is 4.84. The molecule has 0 unspecified atom stereocenters. The number of aliphatic hydroxyl groups is 1. The maximum atomic E-state index is 13.2. The Balaban J connectivity index is 1.43. The van der Waals surface area contributed by atoms with Crippen molar-refractivity contribution in [3.8, 4) is 6.07 Å². The second-order valence-electron chi connectivity index (χ2n) is 9.65. The van der Waals surface area contributed by atoms with Gasteiger partial charge in [-0.05, 0) is 53.1 Å². The molecule has 200 valence electrons. The zero-order chi connectivity index (χ0) is 28.2. The summed E-state index contributed by atoms with van der Waals surface area (Å²) in [5.41, 5.74) is 1.98. The quantitative estimate of drug-likeness (QED) is 0.266. The highest BCUT2D eigenvalue weighted by Crippen LogP contribution is 2.38. The van der Waals surface area contributed by atoms with Crippen LogP contribution in [0.5, 0.6) is 0 Å². The molecule has 8 heteroatoms. The minimum Gasteiger partial charge on any atom is -0.507 e. The van der Waals surface area contributed by atoms with Crippen molar-refractivity contribution in [3.63, 3.8) is 0 Å². The zero-order valence-corrected chi connectivity index (χ0v) is 22.3. The highest BCUT2D eigenvalue weighted by atomic mass is 32.2. The van der Waals surface area contributed by atoms with Crippen LogP contribution in [-0.2, 0) is 38.8 Å². The lowest BCUT2D eigenvalue weighted by Crippen LogP contribution is -2.37. The fourth-order valence-corrected chi connectivity index (χ4v) is 5.89. The van der Waals surface area contributed by atoms with Gasteiger partial charge in [0.25, 0.3) is 10.0 Å². The predicted octanol–water partition coefficient (Wildman–Crippen LogP) is 5.49. The Bertz CT molecular complexity index is 1670. The van der Waals surface area contributed by atoms with Gasteiger partial charge in [0.15, 0.2) is 5.60 Å². The number of nitriles is 1. The average molecular weight is 551 g/mol. The summed E-state index contributed by atoms with van der Waals surface area (Å²) in [6, 6.07) is 33.3. The van der Waals surface area contributed by atoms with Crippen LogP contribution in [0.3, 0.4) is 0 Å². The molecule has 4 aromatic rings. The summed E-state index contributed by atoms with van der Waals surface area (Å²) in [5.74, 6) is -0.721. The van der Waals surface area contributed by atoms with E-state index in [1.165, 1.54) is 24.3 Å². The minimum absolute atomic E-state index is 0.0169. The van der Waals surface area contributed by atoms with Crippen molar-refractivity contribution in [2.45, 2.75) is 29.8 Å². The molecule has 40 heavy (non-hydrogen) atoms. The molecule has 1 aliphatic heterocycles. The number of hydrogen-bond acceptors (Lipinski definition) is 6. The number of hydrogen-bond donors (Lipinski definition) is 2. The number of carbonyl (C=O) groups excluding carboxylic acids is 1. The van der Waals surface area contributed by atoms with Crippen molar-refractivity contribution in [2.24, 2.45) is 0 Å². The Morgan fingerprint density at radius 3 is 1.95 bits per heavy atom. The number of ether oxygens (including phenoxy) is 1. The van der Waals surface area contributed by atoms with Crippen LogP contribution in [0.4, 0.5) is 5.69 Å². The van der Waals surface area contributed by atoms with Crippen LogP contribution < -0.4 is 4.72 Å². The lowest BCUT2D eigenvalue weighted by atomic mass is 9.85. The molecule has 0 radical (unpaired) electrons. The Morgan fingerprint density at radius 2 is 1.38 bits per heavy atom. The number of nitrogens with one attached hydrogen (secondary N) is 1. The summed E-state index contributed by atoms with van der Waals surface area (Å²) in [4.78, 5) is 13.2. The first kappa shape index (κ1) is 26.7. The number of carbonyl (C=O) groups is 1. The van der Waals surface area contributed by atoms with Crippen molar-refractivity contribution in [1.29, 1.82) is 5.26 Å². The molecule has 0 amide bonds. The van der Waals surface area contributed by atoms with Gasteiger partial charge in [0.2, 0.25) is 0 Å². The highest BCUT2D eigenvalue weighted by Gasteiger charge is 2.48. The van der Waals surface area contributed by atoms with Crippen LogP contribution in [0.1, 0.15) is 22.3 Å². The molecule has 0 aliphatic carbocycles. The Kier molecular flexibility index (Phi) is 7.41. The second kappa shape index (κ2) is 11.1. The lowest BCUT2D eigenvalue weighted by Gasteiger charge is -2.28. The third kappa shape index (κ3) is 5.75. The first-order valence-electron chi connectivity index (χ1n) is 12.6. The molecule has 0 saturated heterocycles. The van der Waals surface area contributed by atoms with E-state index in [0.29, 0.717) is 29.7 Å². The second-order valence-corrected chi connectivity index (χ2v) is 11.3. The van der Waals surface area contributed by atoms with Crippen molar-refractivity contribution in [3.05, 3.63) is 143 Å². The highest BCUT2D eigenvalue weighted by molar-refractivity contribution is 7.92. The van der Waals surface area contributed by atoms with Crippen molar-refractivity contribution < 1.29 is 23.1 Å². The number of rotatable bonds is 9. The van der Waals surface area contributed by atoms with Crippen LogP contribution in [-0.4, -0.2) is 25.1 Å². The summed E-state index contributed by atoms with van der Waals surface area (Å²) >= 11 is 0. The summed E-state index contributed by atoms with van der Waals surface area (Å²) in [5, 5.41) is 20.5. The monoisotopic (exact) mass is 550 g/mol. The standard InChI is InChI=1S/C32H26N2O5S/c33-22-25-14-16-28(17-15-25)40(37,38)34-27-13-7-12-26(18-27)19-29-30(35)32(39-31(29)36,20-23-8-3-1-4-9-23)21-24-10-5-2-6-11-24/h1-18,34-35H,19-21H2. The van der Waals surface area contributed by atoms with Crippen LogP contribution in [0, 0.1) is 11.3 Å². The number of cyclic esters (lactones) is 1. The molecule has 0 spiro atoms. The fraction of sp³-hybridized carbons (Fsp3) is 0.125. The van der Waals surface area contributed by atoms with E-state index in [2.05, 4.69) is 4.72 Å². The molecule has 0 bridgehead atoms. The normalized spacial score (nSPS) is 14.4. The van der Waals surface area contributed by atoms with Gasteiger partial charge in [-0.3, -0.25) is 4.72 Å². The molecule has 1 aliphatic rings. The molecule has 5 rings (SSSR count). The molecule has 7 nitrogen and oxygen atoms in total. The van der Waals surface area contributed by atoms with Crippen molar-refractivity contribution >= 4 is 21.7 Å². The third-order valence-electron chi connectivity index (χ3n) is 6.77. The van der Waals surface area contributed by atoms with Crippen molar-refractivity contribution in [2.75, 3.05) is 4.72 Å². The molecule has 0 aromatic heterocycles. The van der Waals surface area contributed by atoms with Gasteiger partial charge in [-0.1, -0.05) is 72.8 Å². The Morgan fingerprint density at radius 1 is 0.800 bits per heavy atom. The summed E-state index contributed by atoms with van der Waals surface area (Å²) < 4.78 is 34.2. The predicted molar refractivity (Wildman–Crippen MR) is 151 cm³/mol. The largest absolute Gasteiger partial charge is 0.507 e. The third-order valence-corrected chi connectivity index (χ3v) is 8.17. The van der Waals surface area contributed by atoms with E-state index < -0.39 is 21.6 Å². The van der Waals surface area contributed by atoms with Gasteiger partial charge < -0.3 is 9.84 Å². The summed E-state index contributed by atoms with van der Waals surface area (Å²) in [6.07, 6.45) is 0.658. The Hall–Kier alpha value is -4.87. The first-order valence-corrected chi connectivity index (χ1v) is 14.1. The summed E-state index contributed by atoms with van der Waals surface area (Å²) in [6.45, 7) is 0. The van der Waals surface area contributed by atoms with E-state index >= 15 is 0 Å². The number of nitrogens with zero attached hydrogens (tertiary/aromatic N) is 1. The van der Waals surface area contributed by atoms with Crippen LogP contribution in [0.2, 0.25) is 0 Å². The van der Waals surface area contributed by atoms with Crippen LogP contribution >= 0.6 is 0 Å². The van der Waals surface area contributed by atoms with Gasteiger partial charge in [0.1, 0.15) is 5.76 Å². The van der Waals surface area contributed by atoms with Gasteiger partial charge in [0, 0.05) is 24.9 Å². The maximum Gasteiger partial charge on any atom is 0.338 e. The first-order chi connectivity index (χ1) is 19.3. The van der Waals surface area contributed by atoms with E-state index in [4.69, 9.17) is 10.00 Å². The molecular formula is C32H26N2O5S. The van der Waals surface area contributed by atoms with Gasteiger partial charge in [-0.2, -0.15) is 5.26 Å². The van der Waals surface area contributed by atoms with E-state index in [-0.39, 0.29) is 22.6 Å². The molecule has 2 N–H and O–H groups in total. The van der Waals surface area contributed by atoms with Crippen LogP contribution in [0.15, 0.2) is 125 Å². The molecule has 0 atom stereocenters. The number of sulfonamides is 1. The molecule has 0 fully saturated rings. The maximum absolute atomic E-state index is 13.2. The Labute approximate surface area is 233 Å². The number of anilines is 1. The van der Waals surface area contributed by atoms with E-state index in [0.717, 1.165) is 11.1 Å². The van der Waals surface area contributed by atoms with Crippen molar-refractivity contribution in [1.82, 2.24) is 0 Å². The SMILES string of the molecule is N#Cc1ccc(S(=O)(=O)Nc2cccc(CC3=C(O)C(Cc4ccccc4)(Cc4ccccc4)OC3=O)c2)cc1. The zero-order valence-electron chi connectivity index (χ0n) is 21.4. The molecule has 4 aromatic carbocycles. The lowest BCUT2D eigenvalue weighted by molar-refractivity contribution is -0.148. The molecular weight excluding hydrogens is 524 g/mol. The van der Waals surface area contributed by atoms with Gasteiger partial charge in [0.05, 0.1) is 22.1 Å². The van der Waals surface area contributed by atoms with Gasteiger partial charge in [-0.15, -0.1) is 0 Å². The number of esters is 1. The van der Waals surface area contributed by atoms with Gasteiger partial charge >= 0.3 is 5.97 Å². The average Bonchev–Trinajstić information content (AvgIpc) is 3.17. The number of aliphatic hydroxyl groups excluding tert-OH is 1. The number of benzene rings is 4. The smallest absolute Gasteiger partial charge is 0.338 e. The van der Waals surface area contributed by atoms with E-state index in [1.807, 2.05) is 66.7 Å². The van der Waals surface area contributed by atoms with Gasteiger partial charge in [-0.25, -0.2) is 13.2 Å². The molecule has 1 heterocycles.